The molecule has 1 heterocycles. The highest BCUT2D eigenvalue weighted by Gasteiger charge is 2.07. The maximum atomic E-state index is 6.17. The lowest BCUT2D eigenvalue weighted by atomic mass is 10.1. The molecule has 3 rings (SSSR count). The van der Waals surface area contributed by atoms with Gasteiger partial charge in [-0.2, -0.15) is 0 Å². The summed E-state index contributed by atoms with van der Waals surface area (Å²) in [4.78, 5) is 4.84. The van der Waals surface area contributed by atoms with Gasteiger partial charge in [0.2, 0.25) is 0 Å². The van der Waals surface area contributed by atoms with Crippen molar-refractivity contribution < 1.29 is 4.74 Å². The maximum Gasteiger partial charge on any atom is 0.131 e. The normalized spacial score (nSPS) is 11.0. The van der Waals surface area contributed by atoms with Gasteiger partial charge in [0.15, 0.2) is 0 Å². The monoisotopic (exact) mass is 347 g/mol. The van der Waals surface area contributed by atoms with Crippen LogP contribution >= 0.6 is 0 Å². The minimum absolute atomic E-state index is 0.589. The van der Waals surface area contributed by atoms with Crippen molar-refractivity contribution in [2.45, 2.75) is 58.5 Å². The Bertz CT molecular complexity index is 798. The van der Waals surface area contributed by atoms with Gasteiger partial charge in [0, 0.05) is 17.1 Å². The second-order valence-electron chi connectivity index (χ2n) is 6.92. The summed E-state index contributed by atoms with van der Waals surface area (Å²) in [6.07, 6.45) is 8.85. The number of hydrogen-bond donors (Lipinski definition) is 0. The van der Waals surface area contributed by atoms with Crippen LogP contribution in [-0.2, 0) is 13.0 Å². The summed E-state index contributed by atoms with van der Waals surface area (Å²) in [6, 6.07) is 20.7. The molecule has 0 unspecified atom stereocenters. The van der Waals surface area contributed by atoms with Crippen LogP contribution in [0.25, 0.3) is 10.9 Å². The van der Waals surface area contributed by atoms with Gasteiger partial charge in [0.25, 0.3) is 0 Å². The molecule has 2 nitrogen and oxygen atoms in total. The lowest BCUT2D eigenvalue weighted by molar-refractivity contribution is 0.309. The Labute approximate surface area is 157 Å². The van der Waals surface area contributed by atoms with Crippen molar-refractivity contribution >= 4 is 10.9 Å². The Balaban J connectivity index is 1.67. The lowest BCUT2D eigenvalue weighted by Gasteiger charge is -2.12. The molecule has 0 saturated carbocycles. The molecule has 0 amide bonds. The molecule has 0 radical (unpaired) electrons. The van der Waals surface area contributed by atoms with Crippen LogP contribution < -0.4 is 4.74 Å². The average Bonchev–Trinajstić information content (AvgIpc) is 2.69. The third-order valence-electron chi connectivity index (χ3n) is 4.75. The smallest absolute Gasteiger partial charge is 0.131 e. The zero-order valence-corrected chi connectivity index (χ0v) is 15.8. The van der Waals surface area contributed by atoms with E-state index in [-0.39, 0.29) is 0 Å². The number of nitrogens with zero attached hydrogens (tertiary/aromatic N) is 1. The van der Waals surface area contributed by atoms with Crippen molar-refractivity contribution in [1.29, 1.82) is 0 Å². The maximum absolute atomic E-state index is 6.17. The lowest BCUT2D eigenvalue weighted by Crippen LogP contribution is -1.99. The first-order chi connectivity index (χ1) is 12.9. The number of para-hydroxylation sites is 1. The van der Waals surface area contributed by atoms with E-state index < -0.39 is 0 Å². The number of pyridine rings is 1. The summed E-state index contributed by atoms with van der Waals surface area (Å²) >= 11 is 0. The number of ether oxygens (including phenoxy) is 1. The molecule has 3 aromatic rings. The number of fused-ring (bicyclic) bond motifs is 1. The first kappa shape index (κ1) is 18.4. The Morgan fingerprint density at radius 3 is 2.38 bits per heavy atom. The molecule has 2 aromatic carbocycles. The quantitative estimate of drug-likeness (QED) is 0.380. The van der Waals surface area contributed by atoms with Crippen molar-refractivity contribution in [2.75, 3.05) is 0 Å². The van der Waals surface area contributed by atoms with E-state index in [1.807, 2.05) is 30.3 Å². The fraction of sp³-hybridized carbons (Fsp3) is 0.375. The summed E-state index contributed by atoms with van der Waals surface area (Å²) in [7, 11) is 0. The Morgan fingerprint density at radius 2 is 1.54 bits per heavy atom. The standard InChI is InChI=1S/C24H29NO/c1-2-3-4-5-6-10-15-21-18-24(22-16-11-12-17-23(22)25-21)26-19-20-13-8-7-9-14-20/h7-9,11-14,16-18H,2-6,10,15,19H2,1H3. The molecule has 0 N–H and O–H groups in total. The predicted molar refractivity (Wildman–Crippen MR) is 110 cm³/mol. The molecule has 0 saturated heterocycles. The second kappa shape index (κ2) is 9.96. The van der Waals surface area contributed by atoms with Gasteiger partial charge in [-0.3, -0.25) is 4.98 Å². The minimum atomic E-state index is 0.589. The van der Waals surface area contributed by atoms with Gasteiger partial charge < -0.3 is 4.74 Å². The Morgan fingerprint density at radius 1 is 0.808 bits per heavy atom. The van der Waals surface area contributed by atoms with Crippen molar-refractivity contribution in [3.8, 4) is 5.75 Å². The predicted octanol–water partition coefficient (Wildman–Crippen LogP) is 6.72. The second-order valence-corrected chi connectivity index (χ2v) is 6.92. The van der Waals surface area contributed by atoms with E-state index in [2.05, 4.69) is 37.3 Å². The topological polar surface area (TPSA) is 22.1 Å². The van der Waals surface area contributed by atoms with Crippen LogP contribution in [-0.4, -0.2) is 4.98 Å². The molecule has 1 aromatic heterocycles. The van der Waals surface area contributed by atoms with Crippen LogP contribution in [0.4, 0.5) is 0 Å². The van der Waals surface area contributed by atoms with Crippen LogP contribution in [0.3, 0.4) is 0 Å². The van der Waals surface area contributed by atoms with Gasteiger partial charge in [0.05, 0.1) is 5.52 Å². The molecule has 0 bridgehead atoms. The van der Waals surface area contributed by atoms with Gasteiger partial charge in [-0.1, -0.05) is 81.5 Å². The number of benzene rings is 2. The first-order valence-electron chi connectivity index (χ1n) is 9.92. The third-order valence-corrected chi connectivity index (χ3v) is 4.75. The molecular weight excluding hydrogens is 318 g/mol. The van der Waals surface area contributed by atoms with Crippen LogP contribution in [0.2, 0.25) is 0 Å². The number of unbranched alkanes of at least 4 members (excludes halogenated alkanes) is 5. The molecule has 136 valence electrons. The van der Waals surface area contributed by atoms with Gasteiger partial charge in [0.1, 0.15) is 12.4 Å². The van der Waals surface area contributed by atoms with E-state index in [1.54, 1.807) is 0 Å². The van der Waals surface area contributed by atoms with Gasteiger partial charge >= 0.3 is 0 Å². The SMILES string of the molecule is CCCCCCCCc1cc(OCc2ccccc2)c2ccccc2n1. The van der Waals surface area contributed by atoms with Crippen LogP contribution in [0.15, 0.2) is 60.7 Å². The molecule has 0 aliphatic rings. The van der Waals surface area contributed by atoms with Crippen molar-refractivity contribution in [3.63, 3.8) is 0 Å². The van der Waals surface area contributed by atoms with Crippen molar-refractivity contribution in [1.82, 2.24) is 4.98 Å². The van der Waals surface area contributed by atoms with E-state index in [4.69, 9.17) is 9.72 Å². The highest BCUT2D eigenvalue weighted by atomic mass is 16.5. The number of rotatable bonds is 10. The van der Waals surface area contributed by atoms with E-state index in [0.717, 1.165) is 28.8 Å². The largest absolute Gasteiger partial charge is 0.488 e. The van der Waals surface area contributed by atoms with Crippen molar-refractivity contribution in [3.05, 3.63) is 71.9 Å². The van der Waals surface area contributed by atoms with E-state index in [0.29, 0.717) is 6.61 Å². The summed E-state index contributed by atoms with van der Waals surface area (Å²) in [5.41, 5.74) is 3.35. The number of aromatic nitrogens is 1. The molecule has 26 heavy (non-hydrogen) atoms. The van der Waals surface area contributed by atoms with Gasteiger partial charge in [-0.05, 0) is 30.5 Å². The van der Waals surface area contributed by atoms with E-state index in [1.165, 1.54) is 44.1 Å². The highest BCUT2D eigenvalue weighted by molar-refractivity contribution is 5.85. The summed E-state index contributed by atoms with van der Waals surface area (Å²) < 4.78 is 6.17. The van der Waals surface area contributed by atoms with E-state index in [9.17, 15) is 0 Å². The van der Waals surface area contributed by atoms with E-state index >= 15 is 0 Å². The zero-order valence-electron chi connectivity index (χ0n) is 15.8. The fourth-order valence-electron chi connectivity index (χ4n) is 3.26. The molecule has 0 atom stereocenters. The Hall–Kier alpha value is -2.35. The summed E-state index contributed by atoms with van der Waals surface area (Å²) in [6.45, 7) is 2.85. The molecular formula is C24H29NO. The summed E-state index contributed by atoms with van der Waals surface area (Å²) in [5.74, 6) is 0.945. The van der Waals surface area contributed by atoms with Gasteiger partial charge in [-0.25, -0.2) is 0 Å². The molecule has 0 spiro atoms. The number of hydrogen-bond acceptors (Lipinski definition) is 2. The summed E-state index contributed by atoms with van der Waals surface area (Å²) in [5, 5.41) is 1.09. The van der Waals surface area contributed by atoms with Crippen LogP contribution in [0.1, 0.15) is 56.7 Å². The van der Waals surface area contributed by atoms with Crippen molar-refractivity contribution in [2.24, 2.45) is 0 Å². The first-order valence-corrected chi connectivity index (χ1v) is 9.92. The van der Waals surface area contributed by atoms with Gasteiger partial charge in [-0.15, -0.1) is 0 Å². The minimum Gasteiger partial charge on any atom is -0.488 e. The fourth-order valence-corrected chi connectivity index (χ4v) is 3.26. The molecule has 0 aliphatic carbocycles. The zero-order chi connectivity index (χ0) is 18.0. The van der Waals surface area contributed by atoms with Crippen LogP contribution in [0.5, 0.6) is 5.75 Å². The number of aryl methyl sites for hydroxylation is 1. The molecule has 2 heteroatoms. The third kappa shape index (κ3) is 5.32. The van der Waals surface area contributed by atoms with Crippen LogP contribution in [0, 0.1) is 0 Å². The Kier molecular flexibility index (Phi) is 7.06. The molecule has 0 fully saturated rings. The average molecular weight is 348 g/mol. The molecule has 0 aliphatic heterocycles. The highest BCUT2D eigenvalue weighted by Crippen LogP contribution is 2.27.